The number of hydrogen-bond donors (Lipinski definition) is 2. The molecule has 4 heteroatoms. The second-order valence-electron chi connectivity index (χ2n) is 4.97. The van der Waals surface area contributed by atoms with Gasteiger partial charge in [-0.2, -0.15) is 10.2 Å². The highest BCUT2D eigenvalue weighted by atomic mass is 15.1. The molecule has 1 aromatic carbocycles. The van der Waals surface area contributed by atoms with Gasteiger partial charge in [-0.25, -0.2) is 0 Å². The summed E-state index contributed by atoms with van der Waals surface area (Å²) in [6, 6.07) is 8.65. The van der Waals surface area contributed by atoms with E-state index < -0.39 is 0 Å². The van der Waals surface area contributed by atoms with Gasteiger partial charge in [0.05, 0.1) is 17.4 Å². The number of nitrogens with two attached hydrogens (primary N) is 1. The van der Waals surface area contributed by atoms with E-state index in [-0.39, 0.29) is 6.04 Å². The fourth-order valence-electron chi connectivity index (χ4n) is 2.66. The summed E-state index contributed by atoms with van der Waals surface area (Å²) in [5.74, 6) is 0. The Morgan fingerprint density at radius 1 is 1.17 bits per heavy atom. The molecule has 1 aliphatic carbocycles. The van der Waals surface area contributed by atoms with Gasteiger partial charge in [0, 0.05) is 17.5 Å². The highest BCUT2D eigenvalue weighted by molar-refractivity contribution is 5.90. The van der Waals surface area contributed by atoms with E-state index in [2.05, 4.69) is 21.6 Å². The van der Waals surface area contributed by atoms with Crippen LogP contribution in [0.15, 0.2) is 30.5 Å². The van der Waals surface area contributed by atoms with Gasteiger partial charge in [-0.15, -0.1) is 0 Å². The number of anilines is 1. The van der Waals surface area contributed by atoms with Crippen molar-refractivity contribution in [2.45, 2.75) is 37.8 Å². The van der Waals surface area contributed by atoms with Crippen molar-refractivity contribution >= 4 is 16.6 Å². The van der Waals surface area contributed by atoms with Crippen molar-refractivity contribution in [2.75, 3.05) is 5.32 Å². The molecule has 0 bridgehead atoms. The number of nitrogens with one attached hydrogen (secondary N) is 1. The number of aromatic nitrogens is 2. The van der Waals surface area contributed by atoms with E-state index >= 15 is 0 Å². The second kappa shape index (κ2) is 4.90. The van der Waals surface area contributed by atoms with Crippen LogP contribution in [0.25, 0.3) is 10.9 Å². The van der Waals surface area contributed by atoms with Crippen molar-refractivity contribution in [2.24, 2.45) is 5.73 Å². The molecule has 2 aromatic rings. The standard InChI is InChI=1S/C14H18N4/c15-11-6-2-4-8-13(11)17-14-9-16-18-12-7-3-1-5-10(12)14/h1,3,5,7,9,11,13H,2,4,6,8,15H2,(H,17,18)/t11-,13-/m1/s1. The van der Waals surface area contributed by atoms with Gasteiger partial charge in [-0.1, -0.05) is 31.0 Å². The number of nitrogens with zero attached hydrogens (tertiary/aromatic N) is 2. The summed E-state index contributed by atoms with van der Waals surface area (Å²) >= 11 is 0. The van der Waals surface area contributed by atoms with E-state index in [0.29, 0.717) is 6.04 Å². The normalized spacial score (nSPS) is 24.1. The summed E-state index contributed by atoms with van der Waals surface area (Å²) in [5.41, 5.74) is 8.14. The van der Waals surface area contributed by atoms with Crippen LogP contribution < -0.4 is 11.1 Å². The third-order valence-electron chi connectivity index (χ3n) is 3.71. The van der Waals surface area contributed by atoms with Gasteiger partial charge >= 0.3 is 0 Å². The molecule has 1 aromatic heterocycles. The molecule has 0 amide bonds. The molecular weight excluding hydrogens is 224 g/mol. The van der Waals surface area contributed by atoms with Crippen LogP contribution in [-0.2, 0) is 0 Å². The van der Waals surface area contributed by atoms with Crippen LogP contribution in [0.5, 0.6) is 0 Å². The van der Waals surface area contributed by atoms with Crippen molar-refractivity contribution in [3.05, 3.63) is 30.5 Å². The molecule has 3 N–H and O–H groups in total. The summed E-state index contributed by atoms with van der Waals surface area (Å²) in [6.07, 6.45) is 6.53. The van der Waals surface area contributed by atoms with Crippen LogP contribution in [0, 0.1) is 0 Å². The molecule has 1 aliphatic rings. The van der Waals surface area contributed by atoms with E-state index in [9.17, 15) is 0 Å². The van der Waals surface area contributed by atoms with Crippen molar-refractivity contribution in [1.29, 1.82) is 0 Å². The van der Waals surface area contributed by atoms with E-state index in [1.807, 2.05) is 18.2 Å². The maximum Gasteiger partial charge on any atom is 0.0950 e. The summed E-state index contributed by atoms with van der Waals surface area (Å²) in [5, 5.41) is 12.8. The van der Waals surface area contributed by atoms with Crippen LogP contribution >= 0.6 is 0 Å². The average molecular weight is 242 g/mol. The Hall–Kier alpha value is -1.68. The van der Waals surface area contributed by atoms with E-state index in [0.717, 1.165) is 29.4 Å². The van der Waals surface area contributed by atoms with Crippen LogP contribution in [0.2, 0.25) is 0 Å². The molecular formula is C14H18N4. The van der Waals surface area contributed by atoms with Gasteiger partial charge in [0.2, 0.25) is 0 Å². The Bertz CT molecular complexity index is 535. The van der Waals surface area contributed by atoms with Crippen LogP contribution in [0.1, 0.15) is 25.7 Å². The summed E-state index contributed by atoms with van der Waals surface area (Å²) < 4.78 is 0. The second-order valence-corrected chi connectivity index (χ2v) is 4.97. The molecule has 0 radical (unpaired) electrons. The van der Waals surface area contributed by atoms with Crippen LogP contribution in [0.3, 0.4) is 0 Å². The summed E-state index contributed by atoms with van der Waals surface area (Å²) in [4.78, 5) is 0. The maximum atomic E-state index is 6.17. The molecule has 0 unspecified atom stereocenters. The first kappa shape index (κ1) is 11.4. The SMILES string of the molecule is N[C@@H]1CCCC[C@H]1Nc1cnnc2ccccc12. The minimum atomic E-state index is 0.241. The molecule has 3 rings (SSSR count). The minimum Gasteiger partial charge on any atom is -0.379 e. The Labute approximate surface area is 107 Å². The lowest BCUT2D eigenvalue weighted by molar-refractivity contribution is 0.404. The zero-order valence-corrected chi connectivity index (χ0v) is 10.3. The first-order valence-corrected chi connectivity index (χ1v) is 6.57. The molecule has 94 valence electrons. The first-order valence-electron chi connectivity index (χ1n) is 6.57. The van der Waals surface area contributed by atoms with Gasteiger partial charge in [-0.05, 0) is 18.9 Å². The largest absolute Gasteiger partial charge is 0.379 e. The average Bonchev–Trinajstić information content (AvgIpc) is 2.42. The van der Waals surface area contributed by atoms with Gasteiger partial charge < -0.3 is 11.1 Å². The van der Waals surface area contributed by atoms with E-state index in [1.165, 1.54) is 12.8 Å². The fourth-order valence-corrected chi connectivity index (χ4v) is 2.66. The molecule has 4 nitrogen and oxygen atoms in total. The number of rotatable bonds is 2. The molecule has 1 heterocycles. The number of benzene rings is 1. The smallest absolute Gasteiger partial charge is 0.0950 e. The van der Waals surface area contributed by atoms with Crippen molar-refractivity contribution in [1.82, 2.24) is 10.2 Å². The molecule has 2 atom stereocenters. The predicted molar refractivity (Wildman–Crippen MR) is 73.4 cm³/mol. The maximum absolute atomic E-state index is 6.17. The van der Waals surface area contributed by atoms with Crippen molar-refractivity contribution in [3.8, 4) is 0 Å². The Morgan fingerprint density at radius 2 is 2.00 bits per heavy atom. The third kappa shape index (κ3) is 2.16. The minimum absolute atomic E-state index is 0.241. The van der Waals surface area contributed by atoms with Crippen molar-refractivity contribution in [3.63, 3.8) is 0 Å². The Morgan fingerprint density at radius 3 is 2.89 bits per heavy atom. The zero-order chi connectivity index (χ0) is 12.4. The highest BCUT2D eigenvalue weighted by Gasteiger charge is 2.22. The quantitative estimate of drug-likeness (QED) is 0.848. The van der Waals surface area contributed by atoms with Crippen molar-refractivity contribution < 1.29 is 0 Å². The van der Waals surface area contributed by atoms with E-state index in [4.69, 9.17) is 5.73 Å². The van der Waals surface area contributed by atoms with Gasteiger partial charge in [0.15, 0.2) is 0 Å². The Kier molecular flexibility index (Phi) is 3.11. The molecule has 0 aliphatic heterocycles. The van der Waals surface area contributed by atoms with Gasteiger partial charge in [-0.3, -0.25) is 0 Å². The first-order chi connectivity index (χ1) is 8.84. The monoisotopic (exact) mass is 242 g/mol. The van der Waals surface area contributed by atoms with Gasteiger partial charge in [0.1, 0.15) is 0 Å². The number of hydrogen-bond acceptors (Lipinski definition) is 4. The lowest BCUT2D eigenvalue weighted by atomic mass is 9.91. The molecule has 0 spiro atoms. The lowest BCUT2D eigenvalue weighted by Gasteiger charge is -2.30. The predicted octanol–water partition coefficient (Wildman–Crippen LogP) is 2.31. The van der Waals surface area contributed by atoms with Crippen LogP contribution in [-0.4, -0.2) is 22.3 Å². The van der Waals surface area contributed by atoms with Gasteiger partial charge in [0.25, 0.3) is 0 Å². The molecule has 0 saturated heterocycles. The van der Waals surface area contributed by atoms with E-state index in [1.54, 1.807) is 6.20 Å². The molecule has 1 fully saturated rings. The zero-order valence-electron chi connectivity index (χ0n) is 10.3. The lowest BCUT2D eigenvalue weighted by Crippen LogP contribution is -2.42. The third-order valence-corrected chi connectivity index (χ3v) is 3.71. The summed E-state index contributed by atoms with van der Waals surface area (Å²) in [7, 11) is 0. The molecule has 1 saturated carbocycles. The topological polar surface area (TPSA) is 63.8 Å². The van der Waals surface area contributed by atoms with Crippen LogP contribution in [0.4, 0.5) is 5.69 Å². The molecule has 18 heavy (non-hydrogen) atoms. The fraction of sp³-hybridized carbons (Fsp3) is 0.429. The summed E-state index contributed by atoms with van der Waals surface area (Å²) in [6.45, 7) is 0. The number of fused-ring (bicyclic) bond motifs is 1. The Balaban J connectivity index is 1.90. The highest BCUT2D eigenvalue weighted by Crippen LogP contribution is 2.25.